The lowest BCUT2D eigenvalue weighted by atomic mass is 10.1. The summed E-state index contributed by atoms with van der Waals surface area (Å²) >= 11 is 0. The molecule has 0 bridgehead atoms. The van der Waals surface area contributed by atoms with Crippen LogP contribution in [0.25, 0.3) is 5.57 Å². The molecule has 1 amide bonds. The number of Topliss-reactive ketones (excluding diaryl/α,β-unsaturated/α-hetero) is 1. The lowest BCUT2D eigenvalue weighted by Gasteiger charge is -2.06. The minimum atomic E-state index is -0.129. The summed E-state index contributed by atoms with van der Waals surface area (Å²) in [5, 5.41) is 2.73. The standard InChI is InChI=1S/C16H17NO2/c1-3-5-10-14(18)17-15-11(4-2)12-8-6-7-9-13(12)16(15)19/h4,6-9H,2-3,5,10H2,1H3,(H,17,18,19). The molecule has 1 aromatic rings. The van der Waals surface area contributed by atoms with Crippen LogP contribution in [0.1, 0.15) is 42.1 Å². The highest BCUT2D eigenvalue weighted by molar-refractivity contribution is 6.22. The van der Waals surface area contributed by atoms with Crippen molar-refractivity contribution in [3.63, 3.8) is 0 Å². The van der Waals surface area contributed by atoms with Crippen LogP contribution < -0.4 is 5.32 Å². The smallest absolute Gasteiger partial charge is 0.224 e. The number of rotatable bonds is 5. The van der Waals surface area contributed by atoms with Crippen molar-refractivity contribution in [2.75, 3.05) is 0 Å². The highest BCUT2D eigenvalue weighted by Gasteiger charge is 2.28. The number of carbonyl (C=O) groups is 2. The van der Waals surface area contributed by atoms with Gasteiger partial charge in [-0.05, 0) is 12.0 Å². The molecule has 1 aliphatic carbocycles. The number of amides is 1. The molecular weight excluding hydrogens is 238 g/mol. The molecule has 0 heterocycles. The van der Waals surface area contributed by atoms with Crippen molar-refractivity contribution in [1.82, 2.24) is 5.32 Å². The first-order chi connectivity index (χ1) is 9.19. The summed E-state index contributed by atoms with van der Waals surface area (Å²) in [5.74, 6) is -0.243. The fourth-order valence-corrected chi connectivity index (χ4v) is 2.18. The molecule has 1 aromatic carbocycles. The Kier molecular flexibility index (Phi) is 3.95. The molecule has 0 aliphatic heterocycles. The Bertz CT molecular complexity index is 570. The molecule has 0 fully saturated rings. The van der Waals surface area contributed by atoms with E-state index in [1.54, 1.807) is 12.1 Å². The zero-order valence-corrected chi connectivity index (χ0v) is 11.0. The predicted octanol–water partition coefficient (Wildman–Crippen LogP) is 3.09. The van der Waals surface area contributed by atoms with Gasteiger partial charge in [-0.25, -0.2) is 0 Å². The third-order valence-electron chi connectivity index (χ3n) is 3.18. The number of carbonyl (C=O) groups excluding carboxylic acids is 2. The van der Waals surface area contributed by atoms with Gasteiger partial charge >= 0.3 is 0 Å². The second-order valence-electron chi connectivity index (χ2n) is 4.52. The molecule has 0 aromatic heterocycles. The maximum Gasteiger partial charge on any atom is 0.224 e. The molecule has 2 rings (SSSR count). The van der Waals surface area contributed by atoms with Crippen molar-refractivity contribution >= 4 is 17.3 Å². The van der Waals surface area contributed by atoms with Crippen LogP contribution >= 0.6 is 0 Å². The van der Waals surface area contributed by atoms with Gasteiger partial charge in [0.2, 0.25) is 11.7 Å². The summed E-state index contributed by atoms with van der Waals surface area (Å²) in [6.07, 6.45) is 3.84. The summed E-state index contributed by atoms with van der Waals surface area (Å²) in [4.78, 5) is 24.0. The predicted molar refractivity (Wildman–Crippen MR) is 75.6 cm³/mol. The number of benzene rings is 1. The summed E-state index contributed by atoms with van der Waals surface area (Å²) in [7, 11) is 0. The van der Waals surface area contributed by atoms with E-state index in [1.165, 1.54) is 0 Å². The Labute approximate surface area is 113 Å². The van der Waals surface area contributed by atoms with E-state index in [-0.39, 0.29) is 11.7 Å². The van der Waals surface area contributed by atoms with Crippen molar-refractivity contribution in [3.05, 3.63) is 53.7 Å². The van der Waals surface area contributed by atoms with Gasteiger partial charge in [0.15, 0.2) is 0 Å². The first-order valence-corrected chi connectivity index (χ1v) is 6.49. The molecule has 0 saturated heterocycles. The SMILES string of the molecule is C=CC1=C(NC(=O)CCCC)C(=O)c2ccccc21. The monoisotopic (exact) mass is 255 g/mol. The molecule has 0 atom stereocenters. The summed E-state index contributed by atoms with van der Waals surface area (Å²) in [6, 6.07) is 7.33. The van der Waals surface area contributed by atoms with E-state index in [0.717, 1.165) is 18.4 Å². The van der Waals surface area contributed by atoms with E-state index in [1.807, 2.05) is 25.1 Å². The van der Waals surface area contributed by atoms with Gasteiger partial charge in [0, 0.05) is 17.6 Å². The Hall–Kier alpha value is -2.16. The number of unbranched alkanes of at least 4 members (excludes halogenated alkanes) is 1. The van der Waals surface area contributed by atoms with Crippen LogP contribution in [-0.4, -0.2) is 11.7 Å². The normalized spacial score (nSPS) is 13.4. The molecule has 3 nitrogen and oxygen atoms in total. The zero-order chi connectivity index (χ0) is 13.8. The van der Waals surface area contributed by atoms with Gasteiger partial charge in [-0.15, -0.1) is 0 Å². The highest BCUT2D eigenvalue weighted by Crippen LogP contribution is 2.31. The maximum atomic E-state index is 12.3. The van der Waals surface area contributed by atoms with Gasteiger partial charge in [0.1, 0.15) is 0 Å². The van der Waals surface area contributed by atoms with Gasteiger partial charge in [-0.1, -0.05) is 50.3 Å². The minimum Gasteiger partial charge on any atom is -0.322 e. The Balaban J connectivity index is 2.28. The van der Waals surface area contributed by atoms with Gasteiger partial charge in [-0.2, -0.15) is 0 Å². The number of fused-ring (bicyclic) bond motifs is 1. The molecule has 0 saturated carbocycles. The topological polar surface area (TPSA) is 46.2 Å². The van der Waals surface area contributed by atoms with E-state index >= 15 is 0 Å². The van der Waals surface area contributed by atoms with Crippen molar-refractivity contribution in [2.45, 2.75) is 26.2 Å². The number of hydrogen-bond acceptors (Lipinski definition) is 2. The number of nitrogens with one attached hydrogen (secondary N) is 1. The van der Waals surface area contributed by atoms with Gasteiger partial charge < -0.3 is 5.32 Å². The van der Waals surface area contributed by atoms with E-state index < -0.39 is 0 Å². The average Bonchev–Trinajstić information content (AvgIpc) is 2.70. The molecule has 0 radical (unpaired) electrons. The Morgan fingerprint density at radius 2 is 2.00 bits per heavy atom. The third-order valence-corrected chi connectivity index (χ3v) is 3.18. The Morgan fingerprint density at radius 3 is 2.63 bits per heavy atom. The molecule has 98 valence electrons. The van der Waals surface area contributed by atoms with Crippen molar-refractivity contribution in [1.29, 1.82) is 0 Å². The maximum absolute atomic E-state index is 12.3. The van der Waals surface area contributed by atoms with Crippen LogP contribution in [-0.2, 0) is 4.79 Å². The third kappa shape index (κ3) is 2.50. The van der Waals surface area contributed by atoms with Crippen molar-refractivity contribution < 1.29 is 9.59 Å². The zero-order valence-electron chi connectivity index (χ0n) is 11.0. The quantitative estimate of drug-likeness (QED) is 0.878. The van der Waals surface area contributed by atoms with Crippen LogP contribution in [0.4, 0.5) is 0 Å². The van der Waals surface area contributed by atoms with Crippen LogP contribution in [0.2, 0.25) is 0 Å². The summed E-state index contributed by atoms with van der Waals surface area (Å²) in [5.41, 5.74) is 2.54. The second kappa shape index (κ2) is 5.65. The molecule has 0 unspecified atom stereocenters. The van der Waals surface area contributed by atoms with Crippen LogP contribution in [0.5, 0.6) is 0 Å². The fourth-order valence-electron chi connectivity index (χ4n) is 2.18. The van der Waals surface area contributed by atoms with Crippen LogP contribution in [0, 0.1) is 0 Å². The van der Waals surface area contributed by atoms with Gasteiger partial charge in [0.05, 0.1) is 5.70 Å². The summed E-state index contributed by atoms with van der Waals surface area (Å²) in [6.45, 7) is 5.76. The van der Waals surface area contributed by atoms with Gasteiger partial charge in [0.25, 0.3) is 0 Å². The minimum absolute atomic E-state index is 0.114. The number of hydrogen-bond donors (Lipinski definition) is 1. The van der Waals surface area contributed by atoms with Crippen molar-refractivity contribution in [2.24, 2.45) is 0 Å². The lowest BCUT2D eigenvalue weighted by molar-refractivity contribution is -0.120. The Morgan fingerprint density at radius 1 is 1.32 bits per heavy atom. The van der Waals surface area contributed by atoms with Crippen LogP contribution in [0.15, 0.2) is 42.6 Å². The first kappa shape index (κ1) is 13.3. The molecular formula is C16H17NO2. The van der Waals surface area contributed by atoms with E-state index in [4.69, 9.17) is 0 Å². The molecule has 19 heavy (non-hydrogen) atoms. The molecule has 1 aliphatic rings. The highest BCUT2D eigenvalue weighted by atomic mass is 16.2. The van der Waals surface area contributed by atoms with E-state index in [2.05, 4.69) is 11.9 Å². The largest absolute Gasteiger partial charge is 0.322 e. The average molecular weight is 255 g/mol. The number of ketones is 1. The second-order valence-corrected chi connectivity index (χ2v) is 4.52. The van der Waals surface area contributed by atoms with Crippen LogP contribution in [0.3, 0.4) is 0 Å². The molecule has 3 heteroatoms. The fraction of sp³-hybridized carbons (Fsp3) is 0.250. The molecule has 0 spiro atoms. The number of allylic oxidation sites excluding steroid dienone is 3. The van der Waals surface area contributed by atoms with E-state index in [0.29, 0.717) is 23.3 Å². The first-order valence-electron chi connectivity index (χ1n) is 6.49. The summed E-state index contributed by atoms with van der Waals surface area (Å²) < 4.78 is 0. The van der Waals surface area contributed by atoms with Crippen molar-refractivity contribution in [3.8, 4) is 0 Å². The molecule has 1 N–H and O–H groups in total. The van der Waals surface area contributed by atoms with E-state index in [9.17, 15) is 9.59 Å². The lowest BCUT2D eigenvalue weighted by Crippen LogP contribution is -2.26. The van der Waals surface area contributed by atoms with Gasteiger partial charge in [-0.3, -0.25) is 9.59 Å².